The van der Waals surface area contributed by atoms with Crippen LogP contribution >= 0.6 is 0 Å². The largest absolute Gasteiger partial charge is 0.381 e. The maximum Gasteiger partial charge on any atom is 0.131 e. The van der Waals surface area contributed by atoms with Gasteiger partial charge in [-0.1, -0.05) is 48.6 Å². The Labute approximate surface area is 156 Å². The second kappa shape index (κ2) is 9.14. The number of allylic oxidation sites excluding steroid dienone is 2. The summed E-state index contributed by atoms with van der Waals surface area (Å²) in [7, 11) is 1.78. The van der Waals surface area contributed by atoms with Crippen LogP contribution in [-0.4, -0.2) is 13.2 Å². The zero-order valence-electron chi connectivity index (χ0n) is 15.9. The van der Waals surface area contributed by atoms with Crippen molar-refractivity contribution in [3.8, 4) is 11.1 Å². The maximum atomic E-state index is 14.7. The van der Waals surface area contributed by atoms with Crippen molar-refractivity contribution in [1.82, 2.24) is 0 Å². The van der Waals surface area contributed by atoms with E-state index in [0.717, 1.165) is 49.7 Å². The van der Waals surface area contributed by atoms with E-state index in [9.17, 15) is 4.39 Å². The van der Waals surface area contributed by atoms with Crippen molar-refractivity contribution in [3.63, 3.8) is 0 Å². The highest BCUT2D eigenvalue weighted by molar-refractivity contribution is 5.65. The molecule has 0 radical (unpaired) electrons. The molecule has 2 aromatic carbocycles. The van der Waals surface area contributed by atoms with Crippen LogP contribution in [0.25, 0.3) is 11.1 Å². The highest BCUT2D eigenvalue weighted by Gasteiger charge is 2.22. The second-order valence-electron chi connectivity index (χ2n) is 7.25. The summed E-state index contributed by atoms with van der Waals surface area (Å²) in [5.41, 5.74) is 4.06. The number of methoxy groups -OCH3 is 1. The van der Waals surface area contributed by atoms with Gasteiger partial charge in [-0.15, -0.1) is 0 Å². The van der Waals surface area contributed by atoms with Crippen molar-refractivity contribution in [3.05, 3.63) is 71.6 Å². The highest BCUT2D eigenvalue weighted by atomic mass is 19.1. The van der Waals surface area contributed by atoms with Gasteiger partial charge in [0.15, 0.2) is 0 Å². The molecule has 0 saturated heterocycles. The molecular weight excluding hydrogens is 323 g/mol. The fourth-order valence-electron chi connectivity index (χ4n) is 3.92. The first-order valence-electron chi connectivity index (χ1n) is 9.74. The summed E-state index contributed by atoms with van der Waals surface area (Å²) in [5, 5.41) is 0. The lowest BCUT2D eigenvalue weighted by atomic mass is 9.82. The van der Waals surface area contributed by atoms with Crippen molar-refractivity contribution >= 4 is 0 Å². The number of aryl methyl sites for hydroxylation is 1. The first-order valence-corrected chi connectivity index (χ1v) is 9.74. The van der Waals surface area contributed by atoms with Gasteiger partial charge in [0.1, 0.15) is 5.82 Å². The van der Waals surface area contributed by atoms with Crippen molar-refractivity contribution < 1.29 is 9.13 Å². The lowest BCUT2D eigenvalue weighted by Crippen LogP contribution is -2.19. The van der Waals surface area contributed by atoms with E-state index in [2.05, 4.69) is 30.4 Å². The van der Waals surface area contributed by atoms with Crippen LogP contribution in [0.3, 0.4) is 0 Å². The second-order valence-corrected chi connectivity index (χ2v) is 7.25. The van der Waals surface area contributed by atoms with Crippen molar-refractivity contribution in [2.24, 2.45) is 0 Å². The molecule has 2 heteroatoms. The molecule has 1 aliphatic rings. The minimum atomic E-state index is -0.113. The lowest BCUT2D eigenvalue weighted by molar-refractivity contribution is 0.0658. The Morgan fingerprint density at radius 3 is 2.38 bits per heavy atom. The van der Waals surface area contributed by atoms with Gasteiger partial charge < -0.3 is 4.74 Å². The first kappa shape index (κ1) is 18.8. The van der Waals surface area contributed by atoms with Crippen LogP contribution in [-0.2, 0) is 11.2 Å². The Morgan fingerprint density at radius 2 is 1.77 bits per heavy atom. The molecular formula is C24H29FO. The number of ether oxygens (including phenoxy) is 1. The zero-order chi connectivity index (χ0) is 18.4. The van der Waals surface area contributed by atoms with Gasteiger partial charge in [-0.2, -0.15) is 0 Å². The van der Waals surface area contributed by atoms with Crippen LogP contribution in [0.5, 0.6) is 0 Å². The monoisotopic (exact) mass is 352 g/mol. The van der Waals surface area contributed by atoms with Gasteiger partial charge in [-0.25, -0.2) is 4.39 Å². The first-order chi connectivity index (χ1) is 12.7. The van der Waals surface area contributed by atoms with Gasteiger partial charge in [0.2, 0.25) is 0 Å². The molecule has 1 fully saturated rings. The van der Waals surface area contributed by atoms with Crippen LogP contribution in [0.15, 0.2) is 54.6 Å². The minimum Gasteiger partial charge on any atom is -0.381 e. The number of hydrogen-bond donors (Lipinski definition) is 0. The quantitative estimate of drug-likeness (QED) is 0.527. The molecule has 138 valence electrons. The van der Waals surface area contributed by atoms with Crippen LogP contribution in [0.1, 0.15) is 56.1 Å². The maximum absolute atomic E-state index is 14.7. The predicted molar refractivity (Wildman–Crippen MR) is 107 cm³/mol. The van der Waals surface area contributed by atoms with Crippen LogP contribution in [0.4, 0.5) is 4.39 Å². The van der Waals surface area contributed by atoms with Crippen LogP contribution in [0, 0.1) is 5.82 Å². The van der Waals surface area contributed by atoms with Crippen molar-refractivity contribution in [2.45, 2.75) is 57.5 Å². The Bertz CT molecular complexity index is 724. The Hall–Kier alpha value is -1.93. The third-order valence-corrected chi connectivity index (χ3v) is 5.57. The normalized spacial score (nSPS) is 20.6. The Morgan fingerprint density at radius 1 is 1.04 bits per heavy atom. The summed E-state index contributed by atoms with van der Waals surface area (Å²) in [6.45, 7) is 2.04. The summed E-state index contributed by atoms with van der Waals surface area (Å²) >= 11 is 0. The molecule has 0 amide bonds. The summed E-state index contributed by atoms with van der Waals surface area (Å²) < 4.78 is 20.2. The molecule has 26 heavy (non-hydrogen) atoms. The fourth-order valence-corrected chi connectivity index (χ4v) is 3.92. The molecule has 2 aromatic rings. The third kappa shape index (κ3) is 4.62. The van der Waals surface area contributed by atoms with E-state index in [1.807, 2.05) is 25.1 Å². The average molecular weight is 352 g/mol. The summed E-state index contributed by atoms with van der Waals surface area (Å²) in [6.07, 6.45) is 11.0. The van der Waals surface area contributed by atoms with E-state index in [0.29, 0.717) is 17.6 Å². The fraction of sp³-hybridized carbons (Fsp3) is 0.417. The smallest absolute Gasteiger partial charge is 0.131 e. The molecule has 0 unspecified atom stereocenters. The average Bonchev–Trinajstić information content (AvgIpc) is 2.69. The number of halogens is 1. The molecule has 0 atom stereocenters. The van der Waals surface area contributed by atoms with Gasteiger partial charge in [0.25, 0.3) is 0 Å². The zero-order valence-corrected chi connectivity index (χ0v) is 15.9. The van der Waals surface area contributed by atoms with Gasteiger partial charge in [0.05, 0.1) is 6.10 Å². The van der Waals surface area contributed by atoms with E-state index in [4.69, 9.17) is 4.74 Å². The molecule has 1 nitrogen and oxygen atoms in total. The van der Waals surface area contributed by atoms with E-state index < -0.39 is 0 Å². The van der Waals surface area contributed by atoms with Crippen LogP contribution < -0.4 is 0 Å². The molecule has 0 bridgehead atoms. The topological polar surface area (TPSA) is 9.23 Å². The van der Waals surface area contributed by atoms with Crippen molar-refractivity contribution in [2.75, 3.05) is 7.11 Å². The van der Waals surface area contributed by atoms with E-state index >= 15 is 0 Å². The minimum absolute atomic E-state index is 0.113. The molecule has 0 aliphatic heterocycles. The van der Waals surface area contributed by atoms with E-state index in [-0.39, 0.29) is 5.82 Å². The number of rotatable bonds is 6. The predicted octanol–water partition coefficient (Wildman–Crippen LogP) is 6.67. The molecule has 1 saturated carbocycles. The molecule has 0 heterocycles. The summed E-state index contributed by atoms with van der Waals surface area (Å²) in [4.78, 5) is 0. The Balaban J connectivity index is 1.69. The summed E-state index contributed by atoms with van der Waals surface area (Å²) in [6, 6.07) is 14.1. The van der Waals surface area contributed by atoms with Gasteiger partial charge >= 0.3 is 0 Å². The lowest BCUT2D eigenvalue weighted by Gasteiger charge is -2.28. The van der Waals surface area contributed by atoms with E-state index in [1.54, 1.807) is 13.2 Å². The Kier molecular flexibility index (Phi) is 6.62. The molecule has 0 aromatic heterocycles. The van der Waals surface area contributed by atoms with Gasteiger partial charge in [0, 0.05) is 12.7 Å². The van der Waals surface area contributed by atoms with E-state index in [1.165, 1.54) is 5.56 Å². The SMILES string of the molecule is C/C=C/CCc1ccc(-c2ccc(C3CCC(OC)CC3)cc2F)cc1. The molecule has 0 N–H and O–H groups in total. The van der Waals surface area contributed by atoms with Crippen LogP contribution in [0.2, 0.25) is 0 Å². The molecule has 3 rings (SSSR count). The van der Waals surface area contributed by atoms with Gasteiger partial charge in [-0.05, 0) is 74.1 Å². The number of benzene rings is 2. The summed E-state index contributed by atoms with van der Waals surface area (Å²) in [5.74, 6) is 0.344. The molecule has 0 spiro atoms. The molecule has 1 aliphatic carbocycles. The van der Waals surface area contributed by atoms with Crippen molar-refractivity contribution in [1.29, 1.82) is 0 Å². The standard InChI is InChI=1S/C24H29FO/c1-3-4-5-6-18-7-9-20(10-8-18)23-16-13-21(17-24(23)25)19-11-14-22(26-2)15-12-19/h3-4,7-10,13,16-17,19,22H,5-6,11-12,14-15H2,1-2H3/b4-3+. The number of hydrogen-bond acceptors (Lipinski definition) is 1. The van der Waals surface area contributed by atoms with Gasteiger partial charge in [-0.3, -0.25) is 0 Å². The highest BCUT2D eigenvalue weighted by Crippen LogP contribution is 2.35. The third-order valence-electron chi connectivity index (χ3n) is 5.57.